The van der Waals surface area contributed by atoms with E-state index in [-0.39, 0.29) is 5.91 Å². The van der Waals surface area contributed by atoms with Crippen molar-refractivity contribution in [3.05, 3.63) is 69.5 Å². The second kappa shape index (κ2) is 6.34. The molecule has 4 heteroatoms. The lowest BCUT2D eigenvalue weighted by Gasteiger charge is -2.11. The number of para-hydroxylation sites is 1. The lowest BCUT2D eigenvalue weighted by Crippen LogP contribution is -2.13. The second-order valence-electron chi connectivity index (χ2n) is 5.55. The summed E-state index contributed by atoms with van der Waals surface area (Å²) in [6.07, 6.45) is 0. The minimum absolute atomic E-state index is 0.0941. The summed E-state index contributed by atoms with van der Waals surface area (Å²) < 4.78 is 0. The molecular formula is C19H18N2OS. The number of nitrogens with one attached hydrogen (secondary N) is 1. The largest absolute Gasteiger partial charge is 0.322 e. The van der Waals surface area contributed by atoms with E-state index >= 15 is 0 Å². The van der Waals surface area contributed by atoms with E-state index in [0.717, 1.165) is 33.1 Å². The Hall–Kier alpha value is -2.46. The van der Waals surface area contributed by atoms with Gasteiger partial charge in [-0.15, -0.1) is 11.3 Å². The van der Waals surface area contributed by atoms with Crippen LogP contribution in [0.4, 0.5) is 5.69 Å². The molecule has 3 nitrogen and oxygen atoms in total. The molecule has 1 amide bonds. The number of carbonyl (C=O) groups excluding carboxylic acids is 1. The van der Waals surface area contributed by atoms with Crippen molar-refractivity contribution < 1.29 is 4.79 Å². The third kappa shape index (κ3) is 3.32. The van der Waals surface area contributed by atoms with Crippen LogP contribution in [0.3, 0.4) is 0 Å². The highest BCUT2D eigenvalue weighted by molar-refractivity contribution is 7.09. The number of anilines is 1. The molecule has 0 aliphatic rings. The molecule has 0 bridgehead atoms. The first-order chi connectivity index (χ1) is 11.0. The monoisotopic (exact) mass is 322 g/mol. The third-order valence-electron chi connectivity index (χ3n) is 3.78. The second-order valence-corrected chi connectivity index (χ2v) is 6.61. The molecule has 1 aromatic heterocycles. The van der Waals surface area contributed by atoms with Gasteiger partial charge < -0.3 is 5.32 Å². The topological polar surface area (TPSA) is 42.0 Å². The zero-order chi connectivity index (χ0) is 16.4. The van der Waals surface area contributed by atoms with Crippen molar-refractivity contribution in [2.75, 3.05) is 5.32 Å². The lowest BCUT2D eigenvalue weighted by atomic mass is 10.1. The van der Waals surface area contributed by atoms with Crippen LogP contribution in [0.25, 0.3) is 11.3 Å². The van der Waals surface area contributed by atoms with E-state index in [1.165, 1.54) is 0 Å². The Labute approximate surface area is 140 Å². The molecule has 1 heterocycles. The summed E-state index contributed by atoms with van der Waals surface area (Å²) in [6.45, 7) is 5.98. The van der Waals surface area contributed by atoms with E-state index in [2.05, 4.69) is 10.3 Å². The smallest absolute Gasteiger partial charge is 0.255 e. The zero-order valence-electron chi connectivity index (χ0n) is 13.4. The first-order valence-electron chi connectivity index (χ1n) is 7.45. The minimum atomic E-state index is -0.0941. The Morgan fingerprint density at radius 2 is 1.65 bits per heavy atom. The van der Waals surface area contributed by atoms with Crippen LogP contribution in [0.1, 0.15) is 26.5 Å². The van der Waals surface area contributed by atoms with Crippen molar-refractivity contribution in [3.8, 4) is 11.3 Å². The van der Waals surface area contributed by atoms with Gasteiger partial charge in [0.25, 0.3) is 5.91 Å². The van der Waals surface area contributed by atoms with Gasteiger partial charge in [-0.05, 0) is 44.0 Å². The van der Waals surface area contributed by atoms with Gasteiger partial charge in [-0.25, -0.2) is 4.98 Å². The number of rotatable bonds is 3. The summed E-state index contributed by atoms with van der Waals surface area (Å²) >= 11 is 1.62. The number of benzene rings is 2. The van der Waals surface area contributed by atoms with Crippen molar-refractivity contribution in [2.45, 2.75) is 20.8 Å². The highest BCUT2D eigenvalue weighted by atomic mass is 32.1. The van der Waals surface area contributed by atoms with E-state index in [0.29, 0.717) is 5.56 Å². The van der Waals surface area contributed by atoms with E-state index in [4.69, 9.17) is 0 Å². The summed E-state index contributed by atoms with van der Waals surface area (Å²) in [5, 5.41) is 6.07. The van der Waals surface area contributed by atoms with Crippen LogP contribution >= 0.6 is 11.3 Å². The Morgan fingerprint density at radius 3 is 2.22 bits per heavy atom. The first kappa shape index (κ1) is 15.4. The molecule has 1 N–H and O–H groups in total. The van der Waals surface area contributed by atoms with Crippen LogP contribution in [-0.4, -0.2) is 10.9 Å². The van der Waals surface area contributed by atoms with Gasteiger partial charge >= 0.3 is 0 Å². The Kier molecular flexibility index (Phi) is 4.26. The SMILES string of the molecule is Cc1nc(-c2ccc(C(=O)Nc3c(C)cccc3C)cc2)cs1. The van der Waals surface area contributed by atoms with Gasteiger partial charge in [-0.2, -0.15) is 0 Å². The number of thiazole rings is 1. The molecule has 23 heavy (non-hydrogen) atoms. The quantitative estimate of drug-likeness (QED) is 0.738. The fraction of sp³-hybridized carbons (Fsp3) is 0.158. The minimum Gasteiger partial charge on any atom is -0.322 e. The maximum atomic E-state index is 12.4. The van der Waals surface area contributed by atoms with Gasteiger partial charge in [0.05, 0.1) is 10.7 Å². The van der Waals surface area contributed by atoms with Gasteiger partial charge in [0.15, 0.2) is 0 Å². The summed E-state index contributed by atoms with van der Waals surface area (Å²) in [5.41, 5.74) is 5.63. The van der Waals surface area contributed by atoms with Gasteiger partial charge in [0.1, 0.15) is 0 Å². The van der Waals surface area contributed by atoms with Crippen molar-refractivity contribution >= 4 is 22.9 Å². The fourth-order valence-electron chi connectivity index (χ4n) is 2.49. The molecule has 0 radical (unpaired) electrons. The molecular weight excluding hydrogens is 304 g/mol. The standard InChI is InChI=1S/C19H18N2OS/c1-12-5-4-6-13(2)18(12)21-19(22)16-9-7-15(8-10-16)17-11-23-14(3)20-17/h4-11H,1-3H3,(H,21,22). The summed E-state index contributed by atoms with van der Waals surface area (Å²) in [5.74, 6) is -0.0941. The van der Waals surface area contributed by atoms with Crippen molar-refractivity contribution in [1.29, 1.82) is 0 Å². The highest BCUT2D eigenvalue weighted by Gasteiger charge is 2.10. The van der Waals surface area contributed by atoms with E-state index in [1.807, 2.05) is 68.6 Å². The molecule has 116 valence electrons. The Morgan fingerprint density at radius 1 is 1.00 bits per heavy atom. The molecule has 0 aliphatic carbocycles. The number of aryl methyl sites for hydroxylation is 3. The number of amides is 1. The molecule has 0 saturated heterocycles. The number of hydrogen-bond acceptors (Lipinski definition) is 3. The van der Waals surface area contributed by atoms with Gasteiger partial charge in [-0.3, -0.25) is 4.79 Å². The first-order valence-corrected chi connectivity index (χ1v) is 8.32. The average molecular weight is 322 g/mol. The summed E-state index contributed by atoms with van der Waals surface area (Å²) in [7, 11) is 0. The van der Waals surface area contributed by atoms with Crippen molar-refractivity contribution in [3.63, 3.8) is 0 Å². The summed E-state index contributed by atoms with van der Waals surface area (Å²) in [6, 6.07) is 13.5. The van der Waals surface area contributed by atoms with E-state index in [1.54, 1.807) is 11.3 Å². The number of nitrogens with zero attached hydrogens (tertiary/aromatic N) is 1. The predicted molar refractivity (Wildman–Crippen MR) is 96.2 cm³/mol. The van der Waals surface area contributed by atoms with E-state index < -0.39 is 0 Å². The highest BCUT2D eigenvalue weighted by Crippen LogP contribution is 2.23. The van der Waals surface area contributed by atoms with Gasteiger partial charge in [0.2, 0.25) is 0 Å². The molecule has 0 atom stereocenters. The van der Waals surface area contributed by atoms with Gasteiger partial charge in [-0.1, -0.05) is 30.3 Å². The lowest BCUT2D eigenvalue weighted by molar-refractivity contribution is 0.102. The van der Waals surface area contributed by atoms with Crippen LogP contribution in [-0.2, 0) is 0 Å². The predicted octanol–water partition coefficient (Wildman–Crippen LogP) is 4.99. The van der Waals surface area contributed by atoms with Crippen LogP contribution in [0.2, 0.25) is 0 Å². The van der Waals surface area contributed by atoms with Crippen molar-refractivity contribution in [1.82, 2.24) is 4.98 Å². The molecule has 0 spiro atoms. The number of aromatic nitrogens is 1. The van der Waals surface area contributed by atoms with E-state index in [9.17, 15) is 4.79 Å². The molecule has 0 fully saturated rings. The Balaban J connectivity index is 1.81. The third-order valence-corrected chi connectivity index (χ3v) is 4.56. The van der Waals surface area contributed by atoms with Gasteiger partial charge in [0, 0.05) is 22.2 Å². The molecule has 3 rings (SSSR count). The molecule has 0 unspecified atom stereocenters. The molecule has 0 aliphatic heterocycles. The zero-order valence-corrected chi connectivity index (χ0v) is 14.2. The normalized spacial score (nSPS) is 10.6. The van der Waals surface area contributed by atoms with Crippen LogP contribution in [0, 0.1) is 20.8 Å². The van der Waals surface area contributed by atoms with Crippen LogP contribution in [0.15, 0.2) is 47.8 Å². The molecule has 3 aromatic rings. The average Bonchev–Trinajstić information content (AvgIpc) is 2.97. The number of carbonyl (C=O) groups is 1. The molecule has 0 saturated carbocycles. The fourth-order valence-corrected chi connectivity index (χ4v) is 3.11. The van der Waals surface area contributed by atoms with Crippen LogP contribution in [0.5, 0.6) is 0 Å². The maximum absolute atomic E-state index is 12.4. The Bertz CT molecular complexity index is 830. The number of hydrogen-bond donors (Lipinski definition) is 1. The van der Waals surface area contributed by atoms with Crippen molar-refractivity contribution in [2.24, 2.45) is 0 Å². The summed E-state index contributed by atoms with van der Waals surface area (Å²) in [4.78, 5) is 16.9. The van der Waals surface area contributed by atoms with Crippen LogP contribution < -0.4 is 5.32 Å². The maximum Gasteiger partial charge on any atom is 0.255 e. The molecule has 2 aromatic carbocycles.